The van der Waals surface area contributed by atoms with Crippen molar-refractivity contribution in [2.24, 2.45) is 4.99 Å². The second kappa shape index (κ2) is 11.5. The summed E-state index contributed by atoms with van der Waals surface area (Å²) in [7, 11) is 0. The third kappa shape index (κ3) is 4.68. The molecule has 4 nitrogen and oxygen atoms in total. The van der Waals surface area contributed by atoms with E-state index in [1.807, 2.05) is 0 Å². The van der Waals surface area contributed by atoms with Gasteiger partial charge >= 0.3 is 0 Å². The molecule has 0 N–H and O–H groups in total. The zero-order valence-electron chi connectivity index (χ0n) is 28.6. The van der Waals surface area contributed by atoms with E-state index in [2.05, 4.69) is 143 Å². The van der Waals surface area contributed by atoms with Crippen molar-refractivity contribution in [1.82, 2.24) is 0 Å². The smallest absolute Gasteiger partial charge is 0.137 e. The number of para-hydroxylation sites is 2. The first-order valence-electron chi connectivity index (χ1n) is 17.2. The monoisotopic (exact) mass is 609 g/mol. The Labute approximate surface area is 274 Å². The van der Waals surface area contributed by atoms with Crippen LogP contribution in [-0.2, 0) is 17.3 Å². The van der Waals surface area contributed by atoms with Crippen LogP contribution in [0.4, 0.5) is 11.4 Å². The van der Waals surface area contributed by atoms with Gasteiger partial charge in [0.1, 0.15) is 11.5 Å². The van der Waals surface area contributed by atoms with E-state index < -0.39 is 0 Å². The lowest BCUT2D eigenvalue weighted by atomic mass is 9.81. The number of anilines is 2. The van der Waals surface area contributed by atoms with E-state index in [0.29, 0.717) is 0 Å². The quantitative estimate of drug-likeness (QED) is 0.226. The third-order valence-electron chi connectivity index (χ3n) is 10.5. The third-order valence-corrected chi connectivity index (χ3v) is 10.5. The second-order valence-electron chi connectivity index (χ2n) is 13.9. The first kappa shape index (κ1) is 30.3. The molecule has 5 aliphatic rings. The minimum Gasteiger partial charge on any atom is -0.456 e. The first-order chi connectivity index (χ1) is 22.2. The lowest BCUT2D eigenvalue weighted by Crippen LogP contribution is -2.26. The predicted octanol–water partition coefficient (Wildman–Crippen LogP) is 9.88. The molecule has 0 aromatic heterocycles. The molecule has 4 heteroatoms. The van der Waals surface area contributed by atoms with Crippen LogP contribution in [0.15, 0.2) is 99.7 Å². The summed E-state index contributed by atoms with van der Waals surface area (Å²) >= 11 is 0. The fourth-order valence-corrected chi connectivity index (χ4v) is 8.20. The highest BCUT2D eigenvalue weighted by atomic mass is 16.3. The van der Waals surface area contributed by atoms with Crippen molar-refractivity contribution in [3.8, 4) is 11.3 Å². The number of allylic oxidation sites excluding steroid dienone is 5. The average molecular weight is 610 g/mol. The van der Waals surface area contributed by atoms with Gasteiger partial charge in [0.05, 0.1) is 5.36 Å². The summed E-state index contributed by atoms with van der Waals surface area (Å²) in [5.74, 6) is 1.93. The van der Waals surface area contributed by atoms with Crippen LogP contribution in [0.2, 0.25) is 0 Å². The molecular weight excluding hydrogens is 562 g/mol. The molecule has 0 radical (unpaired) electrons. The highest BCUT2D eigenvalue weighted by Gasteiger charge is 2.41. The average Bonchev–Trinajstić information content (AvgIpc) is 3.41. The van der Waals surface area contributed by atoms with Crippen molar-refractivity contribution in [3.05, 3.63) is 124 Å². The largest absolute Gasteiger partial charge is 0.456 e. The zero-order chi connectivity index (χ0) is 32.2. The predicted molar refractivity (Wildman–Crippen MR) is 193 cm³/mol. The molecule has 46 heavy (non-hydrogen) atoms. The number of hydrogen-bond acceptors (Lipinski definition) is 4. The second-order valence-corrected chi connectivity index (χ2v) is 13.9. The Morgan fingerprint density at radius 2 is 1.39 bits per heavy atom. The number of likely N-dealkylation sites (N-methyl/N-ethyl adjacent to an activating group) is 2. The topological polar surface area (TPSA) is 32.0 Å². The normalized spacial score (nSPS) is 21.0. The van der Waals surface area contributed by atoms with Crippen LogP contribution in [0.5, 0.6) is 0 Å². The highest BCUT2D eigenvalue weighted by molar-refractivity contribution is 5.85. The molecule has 0 atom stereocenters. The van der Waals surface area contributed by atoms with Gasteiger partial charge in [0.15, 0.2) is 0 Å². The van der Waals surface area contributed by atoms with Gasteiger partial charge in [-0.1, -0.05) is 70.2 Å². The summed E-state index contributed by atoms with van der Waals surface area (Å²) in [5, 5.41) is 0.966. The van der Waals surface area contributed by atoms with Gasteiger partial charge in [-0.2, -0.15) is 0 Å². The molecule has 236 valence electrons. The minimum atomic E-state index is -0.110. The zero-order valence-corrected chi connectivity index (χ0v) is 28.6. The van der Waals surface area contributed by atoms with Crippen molar-refractivity contribution >= 4 is 23.0 Å². The molecule has 0 spiro atoms. The van der Waals surface area contributed by atoms with Crippen molar-refractivity contribution in [1.29, 1.82) is 0 Å². The van der Waals surface area contributed by atoms with Crippen LogP contribution in [-0.4, -0.2) is 19.6 Å². The van der Waals surface area contributed by atoms with Crippen molar-refractivity contribution in [2.75, 3.05) is 29.4 Å². The number of benzene rings is 3. The minimum absolute atomic E-state index is 0.0690. The van der Waals surface area contributed by atoms with Crippen molar-refractivity contribution in [3.63, 3.8) is 0 Å². The van der Waals surface area contributed by atoms with E-state index in [0.717, 1.165) is 61.3 Å². The Balaban J connectivity index is 1.43. The van der Waals surface area contributed by atoms with Crippen LogP contribution in [0, 0.1) is 0 Å². The summed E-state index contributed by atoms with van der Waals surface area (Å²) in [6.07, 6.45) is 10.3. The van der Waals surface area contributed by atoms with Crippen LogP contribution in [0.25, 0.3) is 23.0 Å². The van der Waals surface area contributed by atoms with E-state index in [9.17, 15) is 0 Å². The van der Waals surface area contributed by atoms with E-state index in [1.54, 1.807) is 0 Å². The molecule has 0 saturated heterocycles. The van der Waals surface area contributed by atoms with Gasteiger partial charge in [0.25, 0.3) is 0 Å². The molecule has 2 aliphatic carbocycles. The molecule has 3 heterocycles. The summed E-state index contributed by atoms with van der Waals surface area (Å²) in [6.45, 7) is 18.6. The lowest BCUT2D eigenvalue weighted by Gasteiger charge is -2.29. The van der Waals surface area contributed by atoms with Gasteiger partial charge in [-0.25, -0.2) is 0 Å². The SMILES string of the molecule is CCN=c1ccc2c(/C=C3/N(CC)c4ccccc4C3(C)C)c3c(oc-2c1)C(=CC=C1N(CC)c2ccccc2C1(C)C)CCC3. The van der Waals surface area contributed by atoms with Gasteiger partial charge in [-0.3, -0.25) is 4.99 Å². The molecule has 2 aromatic rings. The number of fused-ring (bicyclic) bond motifs is 4. The first-order valence-corrected chi connectivity index (χ1v) is 17.2. The van der Waals surface area contributed by atoms with E-state index in [-0.39, 0.29) is 10.8 Å². The van der Waals surface area contributed by atoms with Crippen molar-refractivity contribution in [2.45, 2.75) is 78.6 Å². The molecule has 3 aliphatic heterocycles. The molecule has 0 amide bonds. The molecule has 0 fully saturated rings. The molecular formula is C42H47N3O. The summed E-state index contributed by atoms with van der Waals surface area (Å²) in [4.78, 5) is 9.70. The lowest BCUT2D eigenvalue weighted by molar-refractivity contribution is 0.525. The Kier molecular flexibility index (Phi) is 7.58. The standard InChI is InChI=1S/C42H47N3O/c1-8-43-29-23-24-30-32(27-39-42(6,7)34-19-12-14-21-36(34)45(39)10-3)31-17-15-16-28(40(31)46-37(30)26-29)22-25-38-41(4,5)33-18-11-13-20-35(33)44(38)9-2/h11-14,18-27H,8-10,15-17H2,1-7H3/b28-22?,38-25?,39-27+,43-29?. The van der Waals surface area contributed by atoms with Crippen LogP contribution < -0.4 is 15.2 Å². The van der Waals surface area contributed by atoms with Gasteiger partial charge in [-0.15, -0.1) is 0 Å². The Hall–Kier alpha value is -4.31. The molecule has 7 rings (SSSR count). The van der Waals surface area contributed by atoms with Crippen LogP contribution in [0.1, 0.15) is 89.3 Å². The Morgan fingerprint density at radius 1 is 0.761 bits per heavy atom. The number of hydrogen-bond donors (Lipinski definition) is 0. The van der Waals surface area contributed by atoms with Gasteiger partial charge in [0.2, 0.25) is 0 Å². The van der Waals surface area contributed by atoms with Gasteiger partial charge < -0.3 is 14.2 Å². The number of nitrogens with zero attached hydrogens (tertiary/aromatic N) is 3. The van der Waals surface area contributed by atoms with E-state index >= 15 is 0 Å². The van der Waals surface area contributed by atoms with Gasteiger partial charge in [0, 0.05) is 70.4 Å². The maximum atomic E-state index is 6.92. The molecule has 0 saturated carbocycles. The van der Waals surface area contributed by atoms with Crippen LogP contribution in [0.3, 0.4) is 0 Å². The fraction of sp³-hybridized carbons (Fsp3) is 0.357. The molecule has 0 unspecified atom stereocenters. The van der Waals surface area contributed by atoms with E-state index in [4.69, 9.17) is 9.41 Å². The molecule has 0 bridgehead atoms. The maximum absolute atomic E-state index is 6.92. The maximum Gasteiger partial charge on any atom is 0.137 e. The van der Waals surface area contributed by atoms with Crippen molar-refractivity contribution < 1.29 is 4.42 Å². The highest BCUT2D eigenvalue weighted by Crippen LogP contribution is 2.50. The Bertz CT molecular complexity index is 1950. The number of rotatable bonds is 5. The summed E-state index contributed by atoms with van der Waals surface area (Å²) < 4.78 is 6.92. The van der Waals surface area contributed by atoms with Gasteiger partial charge in [-0.05, 0) is 98.7 Å². The van der Waals surface area contributed by atoms with E-state index in [1.165, 1.54) is 50.6 Å². The summed E-state index contributed by atoms with van der Waals surface area (Å²) in [6, 6.07) is 24.2. The summed E-state index contributed by atoms with van der Waals surface area (Å²) in [5.41, 5.74) is 13.0. The molecule has 2 aromatic carbocycles. The fourth-order valence-electron chi connectivity index (χ4n) is 8.20. The van der Waals surface area contributed by atoms with Crippen LogP contribution >= 0.6 is 0 Å². The Morgan fingerprint density at radius 3 is 2.04 bits per heavy atom.